The molecular weight excluding hydrogens is 220 g/mol. The first kappa shape index (κ1) is 14.4. The predicted molar refractivity (Wildman–Crippen MR) is 65.6 cm³/mol. The summed E-state index contributed by atoms with van der Waals surface area (Å²) < 4.78 is 10.6. The first-order chi connectivity index (χ1) is 7.99. The van der Waals surface area contributed by atoms with Gasteiger partial charge < -0.3 is 20.1 Å². The number of amides is 1. The van der Waals surface area contributed by atoms with Crippen molar-refractivity contribution in [2.24, 2.45) is 11.7 Å². The molecule has 2 N–H and O–H groups in total. The number of carbonyl (C=O) groups is 1. The topological polar surface area (TPSA) is 64.8 Å². The van der Waals surface area contributed by atoms with Gasteiger partial charge in [-0.2, -0.15) is 0 Å². The van der Waals surface area contributed by atoms with Gasteiger partial charge in [0.1, 0.15) is 12.2 Å². The third kappa shape index (κ3) is 3.66. The highest BCUT2D eigenvalue weighted by Gasteiger charge is 2.37. The number of carbonyl (C=O) groups excluding carboxylic acids is 1. The van der Waals surface area contributed by atoms with Crippen LogP contribution in [0.2, 0.25) is 0 Å². The number of nitrogens with two attached hydrogens (primary N) is 1. The van der Waals surface area contributed by atoms with E-state index in [0.29, 0.717) is 25.4 Å². The average Bonchev–Trinajstić information content (AvgIpc) is 2.69. The molecule has 2 unspecified atom stereocenters. The van der Waals surface area contributed by atoms with Crippen LogP contribution in [0.1, 0.15) is 20.3 Å². The van der Waals surface area contributed by atoms with Crippen molar-refractivity contribution in [1.82, 2.24) is 4.90 Å². The van der Waals surface area contributed by atoms with Crippen molar-refractivity contribution >= 4 is 5.91 Å². The zero-order valence-corrected chi connectivity index (χ0v) is 11.2. The lowest BCUT2D eigenvalue weighted by Crippen LogP contribution is -2.43. The van der Waals surface area contributed by atoms with Crippen LogP contribution in [0.15, 0.2) is 0 Å². The molecule has 3 atom stereocenters. The Hall–Kier alpha value is -0.650. The molecule has 0 spiro atoms. The Morgan fingerprint density at radius 3 is 2.12 bits per heavy atom. The Balaban J connectivity index is 2.54. The second-order valence-electron chi connectivity index (χ2n) is 5.03. The van der Waals surface area contributed by atoms with Gasteiger partial charge in [0.15, 0.2) is 0 Å². The summed E-state index contributed by atoms with van der Waals surface area (Å²) in [5, 5.41) is 0. The van der Waals surface area contributed by atoms with E-state index < -0.39 is 6.04 Å². The van der Waals surface area contributed by atoms with Crippen LogP contribution in [-0.4, -0.2) is 56.4 Å². The van der Waals surface area contributed by atoms with Crippen LogP contribution in [0.4, 0.5) is 0 Å². The number of hydrogen-bond donors (Lipinski definition) is 1. The van der Waals surface area contributed by atoms with Crippen molar-refractivity contribution in [2.45, 2.75) is 38.5 Å². The summed E-state index contributed by atoms with van der Waals surface area (Å²) in [5.41, 5.74) is 5.90. The molecule has 1 rings (SSSR count). The van der Waals surface area contributed by atoms with Gasteiger partial charge in [0.05, 0.1) is 6.04 Å². The second-order valence-corrected chi connectivity index (χ2v) is 5.03. The summed E-state index contributed by atoms with van der Waals surface area (Å²) in [6.45, 7) is 5.26. The quantitative estimate of drug-likeness (QED) is 0.752. The molecule has 1 aliphatic rings. The van der Waals surface area contributed by atoms with Gasteiger partial charge in [-0.1, -0.05) is 13.8 Å². The molecule has 0 bridgehead atoms. The van der Waals surface area contributed by atoms with Gasteiger partial charge in [-0.25, -0.2) is 0 Å². The summed E-state index contributed by atoms with van der Waals surface area (Å²) in [6.07, 6.45) is 0.621. The third-order valence-electron chi connectivity index (χ3n) is 3.18. The number of methoxy groups -OCH3 is 2. The van der Waals surface area contributed by atoms with Crippen molar-refractivity contribution in [2.75, 3.05) is 27.3 Å². The molecule has 5 heteroatoms. The normalized spacial score (nSPS) is 26.6. The van der Waals surface area contributed by atoms with E-state index in [-0.39, 0.29) is 18.1 Å². The minimum absolute atomic E-state index is 0.000278. The molecule has 0 aliphatic carbocycles. The maximum Gasteiger partial charge on any atom is 0.239 e. The first-order valence-corrected chi connectivity index (χ1v) is 6.09. The van der Waals surface area contributed by atoms with Crippen LogP contribution < -0.4 is 5.73 Å². The van der Waals surface area contributed by atoms with Gasteiger partial charge in [0.25, 0.3) is 0 Å². The number of rotatable bonds is 5. The highest BCUT2D eigenvalue weighted by Crippen LogP contribution is 2.17. The number of ether oxygens (including phenoxy) is 2. The highest BCUT2D eigenvalue weighted by atomic mass is 16.5. The van der Waals surface area contributed by atoms with E-state index in [1.54, 1.807) is 19.1 Å². The van der Waals surface area contributed by atoms with E-state index in [4.69, 9.17) is 15.2 Å². The largest absolute Gasteiger partial charge is 0.377 e. The summed E-state index contributed by atoms with van der Waals surface area (Å²) in [7, 11) is 3.28. The summed E-state index contributed by atoms with van der Waals surface area (Å²) in [5.74, 6) is 0.424. The average molecular weight is 244 g/mol. The minimum atomic E-state index is -0.414. The lowest BCUT2D eigenvalue weighted by molar-refractivity contribution is -0.132. The number of likely N-dealkylation sites (tertiary alicyclic amines) is 1. The van der Waals surface area contributed by atoms with E-state index in [0.717, 1.165) is 0 Å². The van der Waals surface area contributed by atoms with Gasteiger partial charge in [0, 0.05) is 27.3 Å². The molecule has 0 radical (unpaired) electrons. The first-order valence-electron chi connectivity index (χ1n) is 6.09. The van der Waals surface area contributed by atoms with Gasteiger partial charge >= 0.3 is 0 Å². The van der Waals surface area contributed by atoms with E-state index in [1.165, 1.54) is 0 Å². The molecule has 0 aromatic heterocycles. The molecule has 1 fully saturated rings. The molecular formula is C12H24N2O3. The Labute approximate surface area is 103 Å². The fourth-order valence-corrected chi connectivity index (χ4v) is 2.22. The monoisotopic (exact) mass is 244 g/mol. The molecule has 1 saturated heterocycles. The summed E-state index contributed by atoms with van der Waals surface area (Å²) >= 11 is 0. The van der Waals surface area contributed by atoms with E-state index in [1.807, 2.05) is 0 Å². The van der Waals surface area contributed by atoms with Crippen molar-refractivity contribution < 1.29 is 14.3 Å². The van der Waals surface area contributed by atoms with Crippen LogP contribution in [-0.2, 0) is 14.3 Å². The standard InChI is InChI=1S/C12H24N2O3/c1-8(2)5-9(13)12(15)14-6-10(16-3)11(7-14)17-4/h8-11H,5-7,13H2,1-4H3/t9-,10?,11?/m1/s1. The Kier molecular flexibility index (Phi) is 5.36. The third-order valence-corrected chi connectivity index (χ3v) is 3.18. The van der Waals surface area contributed by atoms with Crippen LogP contribution in [0.5, 0.6) is 0 Å². The van der Waals surface area contributed by atoms with Crippen LogP contribution >= 0.6 is 0 Å². The van der Waals surface area contributed by atoms with Crippen molar-refractivity contribution in [3.8, 4) is 0 Å². The maximum atomic E-state index is 12.1. The van der Waals surface area contributed by atoms with Crippen molar-refractivity contribution in [3.63, 3.8) is 0 Å². The molecule has 1 aliphatic heterocycles. The highest BCUT2D eigenvalue weighted by molar-refractivity contribution is 5.82. The lowest BCUT2D eigenvalue weighted by Gasteiger charge is -2.21. The molecule has 0 saturated carbocycles. The second kappa shape index (κ2) is 6.33. The Bertz CT molecular complexity index is 246. The molecule has 17 heavy (non-hydrogen) atoms. The smallest absolute Gasteiger partial charge is 0.239 e. The van der Waals surface area contributed by atoms with Crippen LogP contribution in [0.25, 0.3) is 0 Å². The molecule has 1 heterocycles. The molecule has 0 aromatic rings. The van der Waals surface area contributed by atoms with Crippen LogP contribution in [0.3, 0.4) is 0 Å². The van der Waals surface area contributed by atoms with Gasteiger partial charge in [0.2, 0.25) is 5.91 Å². The molecule has 5 nitrogen and oxygen atoms in total. The van der Waals surface area contributed by atoms with Crippen molar-refractivity contribution in [3.05, 3.63) is 0 Å². The van der Waals surface area contributed by atoms with Gasteiger partial charge in [-0.05, 0) is 12.3 Å². The molecule has 100 valence electrons. The fraction of sp³-hybridized carbons (Fsp3) is 0.917. The van der Waals surface area contributed by atoms with E-state index in [9.17, 15) is 4.79 Å². The maximum absolute atomic E-state index is 12.1. The zero-order valence-electron chi connectivity index (χ0n) is 11.2. The molecule has 1 amide bonds. The zero-order chi connectivity index (χ0) is 13.0. The SMILES string of the molecule is COC1CN(C(=O)[C@H](N)CC(C)C)CC1OC. The van der Waals surface area contributed by atoms with E-state index >= 15 is 0 Å². The Morgan fingerprint density at radius 1 is 1.29 bits per heavy atom. The summed E-state index contributed by atoms with van der Waals surface area (Å²) in [6, 6.07) is -0.414. The molecule has 0 aromatic carbocycles. The minimum Gasteiger partial charge on any atom is -0.377 e. The van der Waals surface area contributed by atoms with Gasteiger partial charge in [-0.3, -0.25) is 4.79 Å². The fourth-order valence-electron chi connectivity index (χ4n) is 2.22. The Morgan fingerprint density at radius 2 is 1.76 bits per heavy atom. The summed E-state index contributed by atoms with van der Waals surface area (Å²) in [4.78, 5) is 13.8. The number of nitrogens with zero attached hydrogens (tertiary/aromatic N) is 1. The van der Waals surface area contributed by atoms with Gasteiger partial charge in [-0.15, -0.1) is 0 Å². The predicted octanol–water partition coefficient (Wildman–Crippen LogP) is 0.232. The lowest BCUT2D eigenvalue weighted by atomic mass is 10.0. The van der Waals surface area contributed by atoms with Crippen LogP contribution in [0, 0.1) is 5.92 Å². The number of hydrogen-bond acceptors (Lipinski definition) is 4. The van der Waals surface area contributed by atoms with Crippen molar-refractivity contribution in [1.29, 1.82) is 0 Å². The van der Waals surface area contributed by atoms with E-state index in [2.05, 4.69) is 13.8 Å².